The zero-order chi connectivity index (χ0) is 16.7. The van der Waals surface area contributed by atoms with Crippen molar-refractivity contribution in [1.82, 2.24) is 4.90 Å². The van der Waals surface area contributed by atoms with Crippen molar-refractivity contribution in [2.24, 2.45) is 17.8 Å². The first kappa shape index (κ1) is 15.9. The van der Waals surface area contributed by atoms with Crippen LogP contribution in [-0.2, 0) is 5.41 Å². The van der Waals surface area contributed by atoms with E-state index in [2.05, 4.69) is 46.6 Å². The molecular formula is C23H34N2. The summed E-state index contributed by atoms with van der Waals surface area (Å²) in [5, 5.41) is 3.66. The van der Waals surface area contributed by atoms with Gasteiger partial charge in [0.05, 0.1) is 0 Å². The number of nitrogens with zero attached hydrogens (tertiary/aromatic N) is 1. The van der Waals surface area contributed by atoms with Crippen molar-refractivity contribution in [3.8, 4) is 0 Å². The molecule has 0 aromatic heterocycles. The van der Waals surface area contributed by atoms with Crippen LogP contribution in [0.4, 0.5) is 5.69 Å². The molecule has 2 heterocycles. The number of fused-ring (bicyclic) bond motifs is 4. The van der Waals surface area contributed by atoms with Gasteiger partial charge in [0.1, 0.15) is 0 Å². The highest BCUT2D eigenvalue weighted by Crippen LogP contribution is 2.44. The van der Waals surface area contributed by atoms with Gasteiger partial charge in [-0.15, -0.1) is 0 Å². The minimum absolute atomic E-state index is 0. The van der Waals surface area contributed by atoms with Crippen LogP contribution in [0.1, 0.15) is 51.9 Å². The Morgan fingerprint density at radius 2 is 2.00 bits per heavy atom. The molecule has 1 saturated heterocycles. The van der Waals surface area contributed by atoms with Crippen LogP contribution in [0.15, 0.2) is 36.4 Å². The Hall–Kier alpha value is -1.28. The van der Waals surface area contributed by atoms with E-state index >= 15 is 0 Å². The number of benzene rings is 1. The summed E-state index contributed by atoms with van der Waals surface area (Å²) >= 11 is 0. The molecule has 0 amide bonds. The molecule has 2 nitrogen and oxygen atoms in total. The van der Waals surface area contributed by atoms with E-state index in [4.69, 9.17) is 0 Å². The summed E-state index contributed by atoms with van der Waals surface area (Å²) in [5.74, 6) is 2.81. The lowest BCUT2D eigenvalue weighted by atomic mass is 9.74. The van der Waals surface area contributed by atoms with E-state index in [1.54, 1.807) is 5.56 Å². The van der Waals surface area contributed by atoms with Gasteiger partial charge in [0.15, 0.2) is 0 Å². The Kier molecular flexibility index (Phi) is 4.12. The van der Waals surface area contributed by atoms with Crippen LogP contribution in [-0.4, -0.2) is 31.1 Å². The van der Waals surface area contributed by atoms with Crippen LogP contribution in [0, 0.1) is 17.8 Å². The summed E-state index contributed by atoms with van der Waals surface area (Å²) in [5.41, 5.74) is 3.39. The summed E-state index contributed by atoms with van der Waals surface area (Å²) in [6.45, 7) is 5.08. The number of hydrogen-bond donors (Lipinski definition) is 1. The van der Waals surface area contributed by atoms with Gasteiger partial charge in [0, 0.05) is 25.6 Å². The van der Waals surface area contributed by atoms with Gasteiger partial charge in [-0.25, -0.2) is 0 Å². The Morgan fingerprint density at radius 3 is 2.92 bits per heavy atom. The summed E-state index contributed by atoms with van der Waals surface area (Å²) in [7, 11) is 0. The third-order valence-electron chi connectivity index (χ3n) is 7.58. The van der Waals surface area contributed by atoms with Crippen LogP contribution in [0.2, 0.25) is 0 Å². The molecule has 2 bridgehead atoms. The Labute approximate surface area is 154 Å². The fourth-order valence-corrected chi connectivity index (χ4v) is 6.09. The average Bonchev–Trinajstić information content (AvgIpc) is 2.94. The van der Waals surface area contributed by atoms with E-state index in [1.807, 2.05) is 0 Å². The minimum atomic E-state index is 0. The zero-order valence-corrected chi connectivity index (χ0v) is 15.4. The predicted octanol–water partition coefficient (Wildman–Crippen LogP) is 5.07. The number of para-hydroxylation sites is 1. The van der Waals surface area contributed by atoms with E-state index in [0.29, 0.717) is 5.41 Å². The highest BCUT2D eigenvalue weighted by atomic mass is 15.1. The number of nitrogens with one attached hydrogen (secondary N) is 1. The zero-order valence-electron chi connectivity index (χ0n) is 15.4. The number of hydrogen-bond acceptors (Lipinski definition) is 2. The molecule has 25 heavy (non-hydrogen) atoms. The smallest absolute Gasteiger partial charge is 0.0379 e. The van der Waals surface area contributed by atoms with Gasteiger partial charge in [0.2, 0.25) is 0 Å². The first-order chi connectivity index (χ1) is 12.3. The van der Waals surface area contributed by atoms with Crippen LogP contribution in [0.25, 0.3) is 0 Å². The number of likely N-dealkylation sites (tertiary alicyclic amines) is 1. The Bertz CT molecular complexity index is 647. The molecule has 0 radical (unpaired) electrons. The topological polar surface area (TPSA) is 15.3 Å². The molecule has 1 saturated carbocycles. The lowest BCUT2D eigenvalue weighted by Crippen LogP contribution is -2.45. The van der Waals surface area contributed by atoms with E-state index in [0.717, 1.165) is 24.3 Å². The standard InChI is InChI=1S/C23H32N2.H2/c1-2-7-22-21(6-1)23(17-24-22)10-12-25(13-11-23)16-20-9-8-18-4-3-5-19(14-18)15-20;/h1-3,5-7,18-20,24H,4,8-17H2;1H/t18-,19+,20+;/m1./s1. The van der Waals surface area contributed by atoms with Crippen LogP contribution >= 0.6 is 0 Å². The molecule has 3 atom stereocenters. The molecule has 2 aliphatic carbocycles. The number of rotatable bonds is 2. The molecule has 1 N–H and O–H groups in total. The van der Waals surface area contributed by atoms with E-state index in [-0.39, 0.29) is 1.43 Å². The number of piperidine rings is 1. The summed E-state index contributed by atoms with van der Waals surface area (Å²) in [6, 6.07) is 9.00. The normalized spacial score (nSPS) is 33.7. The van der Waals surface area contributed by atoms with Crippen LogP contribution < -0.4 is 5.32 Å². The fourth-order valence-electron chi connectivity index (χ4n) is 6.09. The lowest BCUT2D eigenvalue weighted by Gasteiger charge is -2.40. The van der Waals surface area contributed by atoms with Crippen molar-refractivity contribution in [2.75, 3.05) is 31.5 Å². The van der Waals surface area contributed by atoms with Crippen molar-refractivity contribution in [2.45, 2.75) is 50.4 Å². The first-order valence-corrected chi connectivity index (χ1v) is 10.5. The van der Waals surface area contributed by atoms with Gasteiger partial charge in [-0.2, -0.15) is 0 Å². The Morgan fingerprint density at radius 1 is 1.12 bits per heavy atom. The molecule has 0 unspecified atom stereocenters. The van der Waals surface area contributed by atoms with Crippen molar-refractivity contribution in [1.29, 1.82) is 0 Å². The van der Waals surface area contributed by atoms with Crippen molar-refractivity contribution in [3.63, 3.8) is 0 Å². The molecule has 1 spiro atoms. The predicted molar refractivity (Wildman–Crippen MR) is 107 cm³/mol. The van der Waals surface area contributed by atoms with Gasteiger partial charge in [-0.1, -0.05) is 30.4 Å². The summed E-state index contributed by atoms with van der Waals surface area (Å²) in [4.78, 5) is 2.79. The van der Waals surface area contributed by atoms with E-state index in [1.165, 1.54) is 70.3 Å². The van der Waals surface area contributed by atoms with Gasteiger partial charge < -0.3 is 10.2 Å². The molecular weight excluding hydrogens is 304 g/mol. The average molecular weight is 339 g/mol. The van der Waals surface area contributed by atoms with Gasteiger partial charge >= 0.3 is 0 Å². The molecule has 136 valence electrons. The van der Waals surface area contributed by atoms with Crippen molar-refractivity contribution in [3.05, 3.63) is 42.0 Å². The first-order valence-electron chi connectivity index (χ1n) is 10.5. The monoisotopic (exact) mass is 338 g/mol. The fraction of sp³-hybridized carbons (Fsp3) is 0.652. The summed E-state index contributed by atoms with van der Waals surface area (Å²) < 4.78 is 0. The van der Waals surface area contributed by atoms with Crippen molar-refractivity contribution >= 4 is 5.69 Å². The molecule has 5 rings (SSSR count). The number of allylic oxidation sites excluding steroid dienone is 2. The van der Waals surface area contributed by atoms with Gasteiger partial charge in [-0.3, -0.25) is 0 Å². The van der Waals surface area contributed by atoms with E-state index in [9.17, 15) is 0 Å². The molecule has 2 aliphatic heterocycles. The largest absolute Gasteiger partial charge is 0.384 e. The van der Waals surface area contributed by atoms with E-state index < -0.39 is 0 Å². The quantitative estimate of drug-likeness (QED) is 0.757. The number of anilines is 1. The lowest BCUT2D eigenvalue weighted by molar-refractivity contribution is 0.140. The molecule has 1 aromatic carbocycles. The van der Waals surface area contributed by atoms with Gasteiger partial charge in [-0.05, 0) is 87.4 Å². The summed E-state index contributed by atoms with van der Waals surface area (Å²) in [6.07, 6.45) is 14.9. The molecule has 4 aliphatic rings. The SMILES string of the molecule is C1=C[C@H]2C[C@H](C1)CC[C@H](CN1CCC3(CC1)CNc1ccccc13)C2.[HH]. The highest BCUT2D eigenvalue weighted by molar-refractivity contribution is 5.60. The van der Waals surface area contributed by atoms with Crippen LogP contribution in [0.5, 0.6) is 0 Å². The maximum Gasteiger partial charge on any atom is 0.0379 e. The third-order valence-corrected chi connectivity index (χ3v) is 7.58. The highest BCUT2D eigenvalue weighted by Gasteiger charge is 2.41. The second kappa shape index (κ2) is 6.46. The second-order valence-corrected chi connectivity index (χ2v) is 9.18. The molecule has 1 aromatic rings. The van der Waals surface area contributed by atoms with Crippen LogP contribution in [0.3, 0.4) is 0 Å². The third kappa shape index (κ3) is 3.03. The van der Waals surface area contributed by atoms with Crippen molar-refractivity contribution < 1.29 is 1.43 Å². The van der Waals surface area contributed by atoms with Gasteiger partial charge in [0.25, 0.3) is 0 Å². The Balaban J connectivity index is 0.00000168. The minimum Gasteiger partial charge on any atom is -0.384 e. The molecule has 2 fully saturated rings. The maximum atomic E-state index is 3.66. The second-order valence-electron chi connectivity index (χ2n) is 9.18. The molecule has 2 heteroatoms. The maximum absolute atomic E-state index is 3.66.